The number of carbonyl (C=O) groups is 1. The van der Waals surface area contributed by atoms with E-state index in [9.17, 15) is 4.79 Å². The second-order valence-corrected chi connectivity index (χ2v) is 3.75. The van der Waals surface area contributed by atoms with E-state index in [1.165, 1.54) is 18.4 Å². The Balaban J connectivity index is 2.17. The van der Waals surface area contributed by atoms with Crippen LogP contribution < -0.4 is 4.74 Å². The van der Waals surface area contributed by atoms with Crippen molar-refractivity contribution in [3.05, 3.63) is 52.9 Å². The molecule has 0 spiro atoms. The number of carboxylic acid groups (broad SMARTS) is 1. The summed E-state index contributed by atoms with van der Waals surface area (Å²) in [6, 6.07) is 7.93. The van der Waals surface area contributed by atoms with Gasteiger partial charge in [-0.3, -0.25) is 0 Å². The minimum Gasteiger partial charge on any atom is -0.485 e. The molecular weight excluding hydrogens is 244 g/mol. The number of benzene rings is 1. The maximum absolute atomic E-state index is 11.0. The zero-order valence-corrected chi connectivity index (χ0v) is 9.48. The molecular formula is C12H9ClO4. The fourth-order valence-corrected chi connectivity index (χ4v) is 1.51. The van der Waals surface area contributed by atoms with Crippen LogP contribution in [0.2, 0.25) is 5.02 Å². The summed E-state index contributed by atoms with van der Waals surface area (Å²) in [6.07, 6.45) is 1.53. The van der Waals surface area contributed by atoms with E-state index in [1.54, 1.807) is 18.2 Å². The standard InChI is InChI=1S/C12H9ClO4/c13-8-3-4-11(10(6-8)12(14)15)17-7-9-2-1-5-16-9/h1-6H,7H2,(H,14,15). The molecule has 0 saturated heterocycles. The molecule has 17 heavy (non-hydrogen) atoms. The summed E-state index contributed by atoms with van der Waals surface area (Å²) >= 11 is 5.72. The van der Waals surface area contributed by atoms with E-state index < -0.39 is 5.97 Å². The van der Waals surface area contributed by atoms with Crippen LogP contribution in [0.3, 0.4) is 0 Å². The van der Waals surface area contributed by atoms with Crippen LogP contribution in [0.25, 0.3) is 0 Å². The Bertz CT molecular complexity index is 519. The summed E-state index contributed by atoms with van der Waals surface area (Å²) in [7, 11) is 0. The Hall–Kier alpha value is -1.94. The number of aromatic carboxylic acids is 1. The second-order valence-electron chi connectivity index (χ2n) is 3.31. The molecule has 1 aromatic carbocycles. The molecule has 5 heteroatoms. The summed E-state index contributed by atoms with van der Waals surface area (Å²) < 4.78 is 10.4. The van der Waals surface area contributed by atoms with Gasteiger partial charge in [0, 0.05) is 5.02 Å². The third-order valence-electron chi connectivity index (χ3n) is 2.12. The molecule has 0 amide bonds. The average molecular weight is 253 g/mol. The number of rotatable bonds is 4. The van der Waals surface area contributed by atoms with Crippen LogP contribution in [0.15, 0.2) is 41.0 Å². The Morgan fingerprint density at radius 1 is 1.41 bits per heavy atom. The largest absolute Gasteiger partial charge is 0.485 e. The van der Waals surface area contributed by atoms with E-state index in [1.807, 2.05) is 0 Å². The molecule has 0 atom stereocenters. The third kappa shape index (κ3) is 2.79. The van der Waals surface area contributed by atoms with E-state index in [0.29, 0.717) is 10.8 Å². The predicted molar refractivity (Wildman–Crippen MR) is 61.5 cm³/mol. The van der Waals surface area contributed by atoms with Gasteiger partial charge >= 0.3 is 5.97 Å². The quantitative estimate of drug-likeness (QED) is 0.908. The van der Waals surface area contributed by atoms with Gasteiger partial charge in [-0.15, -0.1) is 0 Å². The molecule has 0 fully saturated rings. The van der Waals surface area contributed by atoms with Crippen molar-refractivity contribution in [1.29, 1.82) is 0 Å². The van der Waals surface area contributed by atoms with Crippen molar-refractivity contribution in [3.63, 3.8) is 0 Å². The first kappa shape index (κ1) is 11.5. The number of ether oxygens (including phenoxy) is 1. The van der Waals surface area contributed by atoms with Gasteiger partial charge in [0.1, 0.15) is 23.7 Å². The molecule has 4 nitrogen and oxygen atoms in total. The number of hydrogen-bond acceptors (Lipinski definition) is 3. The number of carboxylic acids is 1. The maximum atomic E-state index is 11.0. The maximum Gasteiger partial charge on any atom is 0.339 e. The van der Waals surface area contributed by atoms with Crippen LogP contribution in [0.4, 0.5) is 0 Å². The SMILES string of the molecule is O=C(O)c1cc(Cl)ccc1OCc1ccco1. The third-order valence-corrected chi connectivity index (χ3v) is 2.36. The molecule has 1 aromatic heterocycles. The van der Waals surface area contributed by atoms with Crippen molar-refractivity contribution in [3.8, 4) is 5.75 Å². The minimum absolute atomic E-state index is 0.0315. The lowest BCUT2D eigenvalue weighted by atomic mass is 10.2. The summed E-state index contributed by atoms with van der Waals surface area (Å²) in [4.78, 5) is 11.0. The van der Waals surface area contributed by atoms with E-state index in [0.717, 1.165) is 0 Å². The lowest BCUT2D eigenvalue weighted by Gasteiger charge is -2.07. The van der Waals surface area contributed by atoms with Gasteiger partial charge in [0.15, 0.2) is 0 Å². The highest BCUT2D eigenvalue weighted by Crippen LogP contribution is 2.23. The van der Waals surface area contributed by atoms with E-state index in [2.05, 4.69) is 0 Å². The molecule has 0 aliphatic rings. The monoisotopic (exact) mass is 252 g/mol. The first-order chi connectivity index (χ1) is 8.16. The number of halogens is 1. The Morgan fingerprint density at radius 2 is 2.24 bits per heavy atom. The van der Waals surface area contributed by atoms with Crippen molar-refractivity contribution in [2.45, 2.75) is 6.61 Å². The number of hydrogen-bond donors (Lipinski definition) is 1. The van der Waals surface area contributed by atoms with Gasteiger partial charge in [-0.1, -0.05) is 11.6 Å². The molecule has 0 bridgehead atoms. The van der Waals surface area contributed by atoms with Crippen LogP contribution in [0, 0.1) is 0 Å². The smallest absolute Gasteiger partial charge is 0.339 e. The zero-order chi connectivity index (χ0) is 12.3. The molecule has 1 heterocycles. The van der Waals surface area contributed by atoms with Gasteiger partial charge in [0.05, 0.1) is 6.26 Å². The summed E-state index contributed by atoms with van der Waals surface area (Å²) in [5.74, 6) is -0.198. The second kappa shape index (κ2) is 4.93. The molecule has 2 aromatic rings. The van der Waals surface area contributed by atoms with Crippen molar-refractivity contribution >= 4 is 17.6 Å². The lowest BCUT2D eigenvalue weighted by molar-refractivity contribution is 0.0691. The van der Waals surface area contributed by atoms with Crippen molar-refractivity contribution in [2.24, 2.45) is 0 Å². The molecule has 0 radical (unpaired) electrons. The Kier molecular flexibility index (Phi) is 3.35. The van der Waals surface area contributed by atoms with Crippen LogP contribution in [0.1, 0.15) is 16.1 Å². The van der Waals surface area contributed by atoms with Gasteiger partial charge < -0.3 is 14.3 Å². The van der Waals surface area contributed by atoms with Gasteiger partial charge in [-0.05, 0) is 30.3 Å². The van der Waals surface area contributed by atoms with Gasteiger partial charge in [0.25, 0.3) is 0 Å². The molecule has 88 valence electrons. The first-order valence-corrected chi connectivity index (χ1v) is 5.22. The van der Waals surface area contributed by atoms with Crippen molar-refractivity contribution < 1.29 is 19.1 Å². The van der Waals surface area contributed by atoms with Crippen molar-refractivity contribution in [1.82, 2.24) is 0 Å². The highest BCUT2D eigenvalue weighted by atomic mass is 35.5. The van der Waals surface area contributed by atoms with Gasteiger partial charge in [-0.2, -0.15) is 0 Å². The Morgan fingerprint density at radius 3 is 2.88 bits per heavy atom. The summed E-state index contributed by atoms with van der Waals surface area (Å²) in [5, 5.41) is 9.34. The lowest BCUT2D eigenvalue weighted by Crippen LogP contribution is -2.02. The topological polar surface area (TPSA) is 59.7 Å². The number of furan rings is 1. The summed E-state index contributed by atoms with van der Waals surface area (Å²) in [5.41, 5.74) is 0.0315. The van der Waals surface area contributed by atoms with Gasteiger partial charge in [0.2, 0.25) is 0 Å². The Labute approximate surface area is 102 Å². The first-order valence-electron chi connectivity index (χ1n) is 4.85. The van der Waals surface area contributed by atoms with Crippen LogP contribution in [-0.2, 0) is 6.61 Å². The van der Waals surface area contributed by atoms with Gasteiger partial charge in [-0.25, -0.2) is 4.79 Å². The van der Waals surface area contributed by atoms with Crippen LogP contribution >= 0.6 is 11.6 Å². The average Bonchev–Trinajstić information content (AvgIpc) is 2.80. The highest BCUT2D eigenvalue weighted by molar-refractivity contribution is 6.31. The fourth-order valence-electron chi connectivity index (χ4n) is 1.34. The molecule has 0 aliphatic heterocycles. The summed E-state index contributed by atoms with van der Waals surface area (Å²) in [6.45, 7) is 0.176. The predicted octanol–water partition coefficient (Wildman–Crippen LogP) is 3.21. The highest BCUT2D eigenvalue weighted by Gasteiger charge is 2.12. The molecule has 0 aliphatic carbocycles. The fraction of sp³-hybridized carbons (Fsp3) is 0.0833. The van der Waals surface area contributed by atoms with E-state index in [4.69, 9.17) is 25.9 Å². The normalized spacial score (nSPS) is 10.2. The minimum atomic E-state index is -1.08. The van der Waals surface area contributed by atoms with Crippen molar-refractivity contribution in [2.75, 3.05) is 0 Å². The molecule has 0 saturated carbocycles. The molecule has 2 rings (SSSR count). The molecule has 0 unspecified atom stereocenters. The van der Waals surface area contributed by atoms with Crippen LogP contribution in [0.5, 0.6) is 5.75 Å². The van der Waals surface area contributed by atoms with E-state index in [-0.39, 0.29) is 17.9 Å². The van der Waals surface area contributed by atoms with Crippen LogP contribution in [-0.4, -0.2) is 11.1 Å². The zero-order valence-electron chi connectivity index (χ0n) is 8.72. The molecule has 1 N–H and O–H groups in total. The van der Waals surface area contributed by atoms with E-state index >= 15 is 0 Å².